The van der Waals surface area contributed by atoms with E-state index < -0.39 is 0 Å². The van der Waals surface area contributed by atoms with Crippen LogP contribution in [0.4, 0.5) is 0 Å². The van der Waals surface area contributed by atoms with Crippen molar-refractivity contribution in [3.05, 3.63) is 22.4 Å². The average Bonchev–Trinajstić information content (AvgIpc) is 2.66. The van der Waals surface area contributed by atoms with Gasteiger partial charge in [0.05, 0.1) is 6.10 Å². The van der Waals surface area contributed by atoms with E-state index >= 15 is 0 Å². The van der Waals surface area contributed by atoms with Crippen LogP contribution in [0, 0.1) is 0 Å². The van der Waals surface area contributed by atoms with Gasteiger partial charge in [0.1, 0.15) is 11.3 Å². The molecule has 6 heteroatoms. The summed E-state index contributed by atoms with van der Waals surface area (Å²) in [7, 11) is 1.62. The lowest BCUT2D eigenvalue weighted by molar-refractivity contribution is 0.117. The highest BCUT2D eigenvalue weighted by molar-refractivity contribution is 5.71. The second-order valence-electron chi connectivity index (χ2n) is 3.38. The molecule has 2 aromatic rings. The number of ether oxygens (including phenoxy) is 1. The molecule has 0 unspecified atom stereocenters. The van der Waals surface area contributed by atoms with Gasteiger partial charge in [0.15, 0.2) is 5.52 Å². The molecule has 0 spiro atoms. The molecule has 2 aromatic heterocycles. The minimum Gasteiger partial charge on any atom is -0.381 e. The Balaban J connectivity index is 2.41. The standard InChI is InChI=1S/C9H12N4O2/c1-5(15-2)3-7-11-6-4-10-13-8(6)9(14)12-7/h4-5H,3H2,1-2H3,(H,10,13)(H,11,12,14)/t5-/m1/s1. The molecule has 0 saturated heterocycles. The topological polar surface area (TPSA) is 83.7 Å². The zero-order valence-corrected chi connectivity index (χ0v) is 8.57. The highest BCUT2D eigenvalue weighted by Gasteiger charge is 2.08. The maximum absolute atomic E-state index is 11.5. The first-order chi connectivity index (χ1) is 7.20. The normalized spacial score (nSPS) is 13.2. The van der Waals surface area contributed by atoms with Gasteiger partial charge in [0.25, 0.3) is 5.56 Å². The van der Waals surface area contributed by atoms with Crippen molar-refractivity contribution in [2.75, 3.05) is 7.11 Å². The fraction of sp³-hybridized carbons (Fsp3) is 0.444. The third-order valence-electron chi connectivity index (χ3n) is 2.23. The van der Waals surface area contributed by atoms with E-state index in [0.717, 1.165) is 0 Å². The van der Waals surface area contributed by atoms with Gasteiger partial charge >= 0.3 is 0 Å². The summed E-state index contributed by atoms with van der Waals surface area (Å²) < 4.78 is 5.10. The van der Waals surface area contributed by atoms with Gasteiger partial charge in [-0.1, -0.05) is 0 Å². The summed E-state index contributed by atoms with van der Waals surface area (Å²) >= 11 is 0. The molecule has 0 aliphatic carbocycles. The Morgan fingerprint density at radius 2 is 2.40 bits per heavy atom. The van der Waals surface area contributed by atoms with Gasteiger partial charge in [0, 0.05) is 19.7 Å². The van der Waals surface area contributed by atoms with Crippen LogP contribution < -0.4 is 5.56 Å². The highest BCUT2D eigenvalue weighted by Crippen LogP contribution is 2.03. The first-order valence-corrected chi connectivity index (χ1v) is 4.66. The van der Waals surface area contributed by atoms with E-state index in [1.807, 2.05) is 6.92 Å². The molecule has 2 heterocycles. The average molecular weight is 208 g/mol. The van der Waals surface area contributed by atoms with E-state index in [2.05, 4.69) is 20.2 Å². The number of rotatable bonds is 3. The van der Waals surface area contributed by atoms with Crippen molar-refractivity contribution >= 4 is 11.0 Å². The number of fused-ring (bicyclic) bond motifs is 1. The smallest absolute Gasteiger partial charge is 0.279 e. The number of aromatic nitrogens is 4. The fourth-order valence-corrected chi connectivity index (χ4v) is 1.35. The zero-order chi connectivity index (χ0) is 10.8. The molecule has 0 aliphatic heterocycles. The minimum atomic E-state index is -0.223. The maximum Gasteiger partial charge on any atom is 0.279 e. The molecular formula is C9H12N4O2. The van der Waals surface area contributed by atoms with Crippen LogP contribution >= 0.6 is 0 Å². The minimum absolute atomic E-state index is 0.0255. The van der Waals surface area contributed by atoms with Crippen LogP contribution in [0.25, 0.3) is 11.0 Å². The van der Waals surface area contributed by atoms with Crippen LogP contribution in [0.2, 0.25) is 0 Å². The number of H-pyrrole nitrogens is 2. The Hall–Kier alpha value is -1.69. The summed E-state index contributed by atoms with van der Waals surface area (Å²) in [5, 5.41) is 6.41. The van der Waals surface area contributed by atoms with Gasteiger partial charge in [-0.25, -0.2) is 4.98 Å². The highest BCUT2D eigenvalue weighted by atomic mass is 16.5. The molecule has 2 rings (SSSR count). The predicted octanol–water partition coefficient (Wildman–Crippen LogP) is 0.224. The molecule has 0 aromatic carbocycles. The lowest BCUT2D eigenvalue weighted by Crippen LogP contribution is -2.17. The second kappa shape index (κ2) is 3.82. The van der Waals surface area contributed by atoms with E-state index in [1.165, 1.54) is 0 Å². The van der Waals surface area contributed by atoms with Crippen molar-refractivity contribution in [1.29, 1.82) is 0 Å². The molecular weight excluding hydrogens is 196 g/mol. The Bertz CT molecular complexity index is 516. The van der Waals surface area contributed by atoms with Crippen molar-refractivity contribution in [2.45, 2.75) is 19.4 Å². The Kier molecular flexibility index (Phi) is 2.51. The molecule has 2 N–H and O–H groups in total. The molecule has 0 amide bonds. The molecule has 80 valence electrons. The van der Waals surface area contributed by atoms with Gasteiger partial charge in [-0.3, -0.25) is 9.89 Å². The summed E-state index contributed by atoms with van der Waals surface area (Å²) in [4.78, 5) is 18.4. The quantitative estimate of drug-likeness (QED) is 0.756. The molecule has 0 aliphatic rings. The van der Waals surface area contributed by atoms with Gasteiger partial charge in [0.2, 0.25) is 0 Å². The first kappa shape index (κ1) is 9.85. The largest absolute Gasteiger partial charge is 0.381 e. The summed E-state index contributed by atoms with van der Waals surface area (Å²) in [6.07, 6.45) is 2.20. The number of methoxy groups -OCH3 is 1. The summed E-state index contributed by atoms with van der Waals surface area (Å²) in [5.41, 5.74) is 0.695. The zero-order valence-electron chi connectivity index (χ0n) is 8.57. The number of hydrogen-bond donors (Lipinski definition) is 2. The van der Waals surface area contributed by atoms with Crippen LogP contribution in [0.3, 0.4) is 0 Å². The van der Waals surface area contributed by atoms with Crippen LogP contribution in [0.15, 0.2) is 11.0 Å². The van der Waals surface area contributed by atoms with Crippen LogP contribution in [0.5, 0.6) is 0 Å². The Morgan fingerprint density at radius 3 is 3.13 bits per heavy atom. The number of aromatic amines is 2. The lowest BCUT2D eigenvalue weighted by atomic mass is 10.2. The van der Waals surface area contributed by atoms with E-state index in [1.54, 1.807) is 13.3 Å². The van der Waals surface area contributed by atoms with Crippen LogP contribution in [-0.4, -0.2) is 33.4 Å². The molecule has 0 bridgehead atoms. The summed E-state index contributed by atoms with van der Waals surface area (Å²) in [6, 6.07) is 0. The number of nitrogens with one attached hydrogen (secondary N) is 2. The number of hydrogen-bond acceptors (Lipinski definition) is 4. The summed E-state index contributed by atoms with van der Waals surface area (Å²) in [6.45, 7) is 1.92. The van der Waals surface area contributed by atoms with E-state index in [0.29, 0.717) is 23.3 Å². The van der Waals surface area contributed by atoms with E-state index in [4.69, 9.17) is 4.74 Å². The molecule has 0 saturated carbocycles. The van der Waals surface area contributed by atoms with Crippen molar-refractivity contribution in [2.24, 2.45) is 0 Å². The van der Waals surface area contributed by atoms with Crippen molar-refractivity contribution in [3.63, 3.8) is 0 Å². The third kappa shape index (κ3) is 1.89. The van der Waals surface area contributed by atoms with Gasteiger partial charge in [-0.15, -0.1) is 0 Å². The molecule has 1 atom stereocenters. The van der Waals surface area contributed by atoms with E-state index in [-0.39, 0.29) is 11.7 Å². The fourth-order valence-electron chi connectivity index (χ4n) is 1.35. The lowest BCUT2D eigenvalue weighted by Gasteiger charge is -2.07. The molecule has 6 nitrogen and oxygen atoms in total. The Morgan fingerprint density at radius 1 is 1.60 bits per heavy atom. The molecule has 15 heavy (non-hydrogen) atoms. The van der Waals surface area contributed by atoms with Crippen LogP contribution in [-0.2, 0) is 11.2 Å². The van der Waals surface area contributed by atoms with Crippen molar-refractivity contribution in [3.8, 4) is 0 Å². The van der Waals surface area contributed by atoms with Crippen molar-refractivity contribution < 1.29 is 4.74 Å². The molecule has 0 fully saturated rings. The third-order valence-corrected chi connectivity index (χ3v) is 2.23. The van der Waals surface area contributed by atoms with Gasteiger partial charge < -0.3 is 9.72 Å². The Labute approximate surface area is 85.7 Å². The monoisotopic (exact) mass is 208 g/mol. The van der Waals surface area contributed by atoms with Gasteiger partial charge in [-0.05, 0) is 6.92 Å². The predicted molar refractivity (Wildman–Crippen MR) is 54.7 cm³/mol. The van der Waals surface area contributed by atoms with Crippen LogP contribution in [0.1, 0.15) is 12.7 Å². The maximum atomic E-state index is 11.5. The van der Waals surface area contributed by atoms with Gasteiger partial charge in [-0.2, -0.15) is 5.10 Å². The van der Waals surface area contributed by atoms with Crippen molar-refractivity contribution in [1.82, 2.24) is 20.2 Å². The second-order valence-corrected chi connectivity index (χ2v) is 3.38. The molecule has 0 radical (unpaired) electrons. The first-order valence-electron chi connectivity index (χ1n) is 4.66. The summed E-state index contributed by atoms with van der Waals surface area (Å²) in [5.74, 6) is 0.614. The van der Waals surface area contributed by atoms with E-state index in [9.17, 15) is 4.79 Å². The number of nitrogens with zero attached hydrogens (tertiary/aromatic N) is 2. The SMILES string of the molecule is CO[C@H](C)Cc1nc2c[nH]nc2c(=O)[nH]1.